The normalized spacial score (nSPS) is 22.7. The van der Waals surface area contributed by atoms with E-state index in [4.69, 9.17) is 0 Å². The van der Waals surface area contributed by atoms with Crippen molar-refractivity contribution < 1.29 is 13.9 Å². The molecule has 2 rings (SSSR count). The van der Waals surface area contributed by atoms with Crippen LogP contribution in [0.2, 0.25) is 0 Å². The summed E-state index contributed by atoms with van der Waals surface area (Å²) in [5.41, 5.74) is 1.70. The van der Waals surface area contributed by atoms with Gasteiger partial charge in [-0.15, -0.1) is 0 Å². The predicted octanol–water partition coefficient (Wildman–Crippen LogP) is 3.61. The van der Waals surface area contributed by atoms with Crippen LogP contribution in [0.5, 0.6) is 0 Å². The summed E-state index contributed by atoms with van der Waals surface area (Å²) in [5.74, 6) is -1.11. The maximum atomic E-state index is 13.1. The van der Waals surface area contributed by atoms with Crippen LogP contribution in [0.4, 0.5) is 8.78 Å². The molecule has 0 spiro atoms. The fourth-order valence-corrected chi connectivity index (χ4v) is 2.74. The molecule has 1 N–H and O–H groups in total. The van der Waals surface area contributed by atoms with Crippen LogP contribution in [0.15, 0.2) is 29.8 Å². The Kier molecular flexibility index (Phi) is 3.53. The first-order valence-electron chi connectivity index (χ1n) is 6.17. The number of rotatable bonds is 2. The van der Waals surface area contributed by atoms with Crippen LogP contribution in [0.3, 0.4) is 0 Å². The first-order chi connectivity index (χ1) is 8.34. The van der Waals surface area contributed by atoms with E-state index in [1.807, 2.05) is 6.08 Å². The highest BCUT2D eigenvalue weighted by molar-refractivity contribution is 5.26. The molecular weight excluding hydrogens is 234 g/mol. The second kappa shape index (κ2) is 4.81. The molecule has 98 valence electrons. The third kappa shape index (κ3) is 3.39. The van der Waals surface area contributed by atoms with Crippen LogP contribution < -0.4 is 0 Å². The average molecular weight is 252 g/mol. The Morgan fingerprint density at radius 1 is 1.22 bits per heavy atom. The van der Waals surface area contributed by atoms with Gasteiger partial charge in [-0.05, 0) is 42.4 Å². The molecule has 1 aromatic carbocycles. The Bertz CT molecular complexity index is 457. The van der Waals surface area contributed by atoms with E-state index >= 15 is 0 Å². The molecule has 0 amide bonds. The van der Waals surface area contributed by atoms with Crippen molar-refractivity contribution in [3.05, 3.63) is 47.0 Å². The molecule has 0 saturated heterocycles. The highest BCUT2D eigenvalue weighted by Gasteiger charge is 2.27. The summed E-state index contributed by atoms with van der Waals surface area (Å²) < 4.78 is 26.2. The van der Waals surface area contributed by atoms with Crippen LogP contribution in [-0.4, -0.2) is 11.2 Å². The predicted molar refractivity (Wildman–Crippen MR) is 67.2 cm³/mol. The zero-order valence-corrected chi connectivity index (χ0v) is 10.7. The molecule has 0 aromatic heterocycles. The topological polar surface area (TPSA) is 20.2 Å². The van der Waals surface area contributed by atoms with Crippen LogP contribution in [0.1, 0.15) is 32.3 Å². The Balaban J connectivity index is 2.18. The lowest BCUT2D eigenvalue weighted by molar-refractivity contribution is 0.138. The first kappa shape index (κ1) is 13.2. The Hall–Kier alpha value is -1.22. The van der Waals surface area contributed by atoms with Gasteiger partial charge in [0.25, 0.3) is 0 Å². The van der Waals surface area contributed by atoms with Gasteiger partial charge in [-0.3, -0.25) is 0 Å². The highest BCUT2D eigenvalue weighted by Crippen LogP contribution is 2.36. The van der Waals surface area contributed by atoms with Crippen molar-refractivity contribution in [2.45, 2.75) is 39.2 Å². The quantitative estimate of drug-likeness (QED) is 0.797. The van der Waals surface area contributed by atoms with Gasteiger partial charge in [0.1, 0.15) is 11.6 Å². The molecular formula is C15H18F2O. The monoisotopic (exact) mass is 252 g/mol. The number of hydrogen-bond acceptors (Lipinski definition) is 1. The number of aliphatic hydroxyl groups excluding tert-OH is 1. The third-order valence-corrected chi connectivity index (χ3v) is 3.25. The summed E-state index contributed by atoms with van der Waals surface area (Å²) in [6.07, 6.45) is 3.43. The van der Waals surface area contributed by atoms with Crippen molar-refractivity contribution >= 4 is 0 Å². The summed E-state index contributed by atoms with van der Waals surface area (Å²) in [6.45, 7) is 4.19. The lowest BCUT2D eigenvalue weighted by atomic mass is 9.75. The van der Waals surface area contributed by atoms with E-state index < -0.39 is 17.7 Å². The van der Waals surface area contributed by atoms with Crippen LogP contribution >= 0.6 is 0 Å². The Morgan fingerprint density at radius 3 is 2.39 bits per heavy atom. The molecule has 1 atom stereocenters. The van der Waals surface area contributed by atoms with Gasteiger partial charge in [0.05, 0.1) is 6.10 Å². The Labute approximate surface area is 106 Å². The fraction of sp³-hybridized carbons (Fsp3) is 0.467. The molecule has 0 heterocycles. The molecule has 18 heavy (non-hydrogen) atoms. The van der Waals surface area contributed by atoms with E-state index in [0.29, 0.717) is 12.0 Å². The third-order valence-electron chi connectivity index (χ3n) is 3.25. The Morgan fingerprint density at radius 2 is 1.83 bits per heavy atom. The van der Waals surface area contributed by atoms with Gasteiger partial charge in [-0.25, -0.2) is 8.78 Å². The second-order valence-corrected chi connectivity index (χ2v) is 5.89. The minimum atomic E-state index is -0.554. The summed E-state index contributed by atoms with van der Waals surface area (Å²) in [4.78, 5) is 0. The van der Waals surface area contributed by atoms with Crippen LogP contribution in [0, 0.1) is 17.0 Å². The summed E-state index contributed by atoms with van der Waals surface area (Å²) in [7, 11) is 0. The van der Waals surface area contributed by atoms with E-state index in [9.17, 15) is 13.9 Å². The maximum absolute atomic E-state index is 13.1. The van der Waals surface area contributed by atoms with Gasteiger partial charge in [0, 0.05) is 6.07 Å². The van der Waals surface area contributed by atoms with Gasteiger partial charge in [-0.2, -0.15) is 0 Å². The molecule has 0 radical (unpaired) electrons. The lowest BCUT2D eigenvalue weighted by Crippen LogP contribution is -2.25. The van der Waals surface area contributed by atoms with Crippen LogP contribution in [0.25, 0.3) is 0 Å². The van der Waals surface area contributed by atoms with Gasteiger partial charge in [0.15, 0.2) is 0 Å². The zero-order chi connectivity index (χ0) is 13.3. The van der Waals surface area contributed by atoms with Gasteiger partial charge < -0.3 is 5.11 Å². The van der Waals surface area contributed by atoms with Crippen molar-refractivity contribution in [1.29, 1.82) is 0 Å². The molecule has 0 bridgehead atoms. The molecule has 1 aliphatic rings. The summed E-state index contributed by atoms with van der Waals surface area (Å²) in [6, 6.07) is 3.56. The molecule has 1 aliphatic carbocycles. The smallest absolute Gasteiger partial charge is 0.126 e. The molecule has 1 aromatic rings. The fourth-order valence-electron chi connectivity index (χ4n) is 2.74. The van der Waals surface area contributed by atoms with Crippen molar-refractivity contribution in [2.24, 2.45) is 5.41 Å². The lowest BCUT2D eigenvalue weighted by Gasteiger charge is -2.32. The number of aliphatic hydroxyl groups is 1. The number of benzene rings is 1. The van der Waals surface area contributed by atoms with E-state index in [-0.39, 0.29) is 5.41 Å². The average Bonchev–Trinajstić information content (AvgIpc) is 2.10. The van der Waals surface area contributed by atoms with Crippen molar-refractivity contribution in [2.75, 3.05) is 0 Å². The summed E-state index contributed by atoms with van der Waals surface area (Å²) >= 11 is 0. The van der Waals surface area contributed by atoms with E-state index in [1.54, 1.807) is 0 Å². The number of halogens is 2. The molecule has 0 aliphatic heterocycles. The standard InChI is InChI=1S/C15H18F2O/c1-15(2)8-11(6-14(18)9-15)3-10-4-12(16)7-13(17)5-10/h4-7,14,18H,3,8-9H2,1-2H3. The molecule has 3 heteroatoms. The van der Waals surface area contributed by atoms with Gasteiger partial charge >= 0.3 is 0 Å². The molecule has 1 unspecified atom stereocenters. The van der Waals surface area contributed by atoms with E-state index in [0.717, 1.165) is 24.5 Å². The van der Waals surface area contributed by atoms with Crippen molar-refractivity contribution in [3.63, 3.8) is 0 Å². The first-order valence-corrected chi connectivity index (χ1v) is 6.17. The summed E-state index contributed by atoms with van der Waals surface area (Å²) in [5, 5.41) is 9.78. The molecule has 0 saturated carbocycles. The molecule has 1 nitrogen and oxygen atoms in total. The number of hydrogen-bond donors (Lipinski definition) is 1. The van der Waals surface area contributed by atoms with E-state index in [2.05, 4.69) is 13.8 Å². The number of allylic oxidation sites excluding steroid dienone is 1. The minimum Gasteiger partial charge on any atom is -0.389 e. The maximum Gasteiger partial charge on any atom is 0.126 e. The van der Waals surface area contributed by atoms with Crippen molar-refractivity contribution in [1.82, 2.24) is 0 Å². The minimum absolute atomic E-state index is 0.0371. The highest BCUT2D eigenvalue weighted by atomic mass is 19.1. The van der Waals surface area contributed by atoms with Crippen LogP contribution in [-0.2, 0) is 6.42 Å². The van der Waals surface area contributed by atoms with E-state index in [1.165, 1.54) is 12.1 Å². The van der Waals surface area contributed by atoms with Gasteiger partial charge in [-0.1, -0.05) is 25.5 Å². The van der Waals surface area contributed by atoms with Gasteiger partial charge in [0.2, 0.25) is 0 Å². The zero-order valence-electron chi connectivity index (χ0n) is 10.7. The largest absolute Gasteiger partial charge is 0.389 e. The molecule has 0 fully saturated rings. The second-order valence-electron chi connectivity index (χ2n) is 5.89. The SMILES string of the molecule is CC1(C)CC(Cc2cc(F)cc(F)c2)=CC(O)C1. The van der Waals surface area contributed by atoms with Crippen molar-refractivity contribution in [3.8, 4) is 0 Å².